The lowest BCUT2D eigenvalue weighted by Crippen LogP contribution is -2.68. The first-order valence-electron chi connectivity index (χ1n) is 14.0. The minimum Gasteiger partial charge on any atom is -0.394 e. The molecule has 0 aromatic rings. The van der Waals surface area contributed by atoms with E-state index in [2.05, 4.69) is 5.32 Å². The van der Waals surface area contributed by atoms with Crippen LogP contribution in [0.3, 0.4) is 0 Å². The molecule has 1 aliphatic carbocycles. The molecule has 19 heteroatoms. The minimum atomic E-state index is -2.01. The molecule has 0 aromatic carbocycles. The SMILES string of the molecule is CC1OC(OC2C(CO)OC(OC(C(O)CO)C(O)C(O)CO)C(O)C2O)C(O)C(O)C1NC1C=C(CO)C(O)C(O)C1O. The van der Waals surface area contributed by atoms with Crippen LogP contribution in [0.25, 0.3) is 0 Å². The van der Waals surface area contributed by atoms with Crippen molar-refractivity contribution in [1.82, 2.24) is 5.32 Å². The summed E-state index contributed by atoms with van der Waals surface area (Å²) in [5.74, 6) is 0. The Balaban J connectivity index is 1.71. The fourth-order valence-corrected chi connectivity index (χ4v) is 5.41. The van der Waals surface area contributed by atoms with Gasteiger partial charge in [-0.05, 0) is 12.5 Å². The summed E-state index contributed by atoms with van der Waals surface area (Å²) in [4.78, 5) is 0. The minimum absolute atomic E-state index is 0.0133. The molecular formula is C25H45NO18. The number of nitrogens with one attached hydrogen (secondary N) is 1. The van der Waals surface area contributed by atoms with Gasteiger partial charge in [0.25, 0.3) is 0 Å². The number of aliphatic hydroxyl groups is 14. The van der Waals surface area contributed by atoms with E-state index in [1.54, 1.807) is 0 Å². The summed E-state index contributed by atoms with van der Waals surface area (Å²) in [5, 5.41) is 144. The van der Waals surface area contributed by atoms with Gasteiger partial charge in [-0.3, -0.25) is 0 Å². The van der Waals surface area contributed by atoms with E-state index in [0.29, 0.717) is 0 Å². The second-order valence-electron chi connectivity index (χ2n) is 11.1. The molecule has 0 saturated carbocycles. The van der Waals surface area contributed by atoms with Gasteiger partial charge in [-0.25, -0.2) is 0 Å². The lowest BCUT2D eigenvalue weighted by molar-refractivity contribution is -0.361. The monoisotopic (exact) mass is 647 g/mol. The van der Waals surface area contributed by atoms with Gasteiger partial charge in [-0.1, -0.05) is 6.08 Å². The Bertz CT molecular complexity index is 914. The van der Waals surface area contributed by atoms with Crippen molar-refractivity contribution in [3.8, 4) is 0 Å². The molecule has 2 saturated heterocycles. The predicted molar refractivity (Wildman–Crippen MR) is 140 cm³/mol. The predicted octanol–water partition coefficient (Wildman–Crippen LogP) is -8.93. The van der Waals surface area contributed by atoms with E-state index < -0.39 is 137 Å². The van der Waals surface area contributed by atoms with E-state index in [-0.39, 0.29) is 5.57 Å². The van der Waals surface area contributed by atoms with E-state index in [9.17, 15) is 66.4 Å². The van der Waals surface area contributed by atoms with Crippen molar-refractivity contribution >= 4 is 0 Å². The smallest absolute Gasteiger partial charge is 0.187 e. The quantitative estimate of drug-likeness (QED) is 0.0825. The van der Waals surface area contributed by atoms with Crippen molar-refractivity contribution in [2.24, 2.45) is 0 Å². The summed E-state index contributed by atoms with van der Waals surface area (Å²) in [6, 6.07) is -2.20. The summed E-state index contributed by atoms with van der Waals surface area (Å²) >= 11 is 0. The molecule has 15 N–H and O–H groups in total. The second-order valence-corrected chi connectivity index (χ2v) is 11.1. The standard InChI is InChI=1S/C25H45NO18/c1-7-13(26-9-2-8(3-27)14(33)18(37)15(9)34)17(36)20(39)24(41-7)44-23-12(6-30)42-25(21(40)19(23)38)43-22(11(32)5-29)16(35)10(31)4-28/h2,7,9-40H,3-6H2,1H3. The van der Waals surface area contributed by atoms with E-state index >= 15 is 0 Å². The first-order chi connectivity index (χ1) is 20.7. The summed E-state index contributed by atoms with van der Waals surface area (Å²) in [7, 11) is 0. The lowest BCUT2D eigenvalue weighted by atomic mass is 9.86. The molecule has 18 atom stereocenters. The maximum Gasteiger partial charge on any atom is 0.187 e. The molecule has 0 radical (unpaired) electrons. The molecule has 44 heavy (non-hydrogen) atoms. The lowest BCUT2D eigenvalue weighted by Gasteiger charge is -2.48. The topological polar surface area (TPSA) is 332 Å². The zero-order valence-electron chi connectivity index (χ0n) is 23.7. The average Bonchev–Trinajstić information content (AvgIpc) is 3.02. The largest absolute Gasteiger partial charge is 0.394 e. The van der Waals surface area contributed by atoms with E-state index in [4.69, 9.17) is 24.1 Å². The van der Waals surface area contributed by atoms with Gasteiger partial charge in [0.15, 0.2) is 12.6 Å². The third-order valence-corrected chi connectivity index (χ3v) is 8.12. The molecule has 2 heterocycles. The third kappa shape index (κ3) is 7.91. The van der Waals surface area contributed by atoms with Gasteiger partial charge >= 0.3 is 0 Å². The van der Waals surface area contributed by atoms with Crippen LogP contribution in [0.15, 0.2) is 11.6 Å². The molecule has 3 aliphatic rings. The van der Waals surface area contributed by atoms with Gasteiger partial charge in [0.2, 0.25) is 0 Å². The van der Waals surface area contributed by atoms with Crippen LogP contribution in [0.5, 0.6) is 0 Å². The van der Waals surface area contributed by atoms with Gasteiger partial charge in [-0.15, -0.1) is 0 Å². The van der Waals surface area contributed by atoms with Gasteiger partial charge < -0.3 is 95.8 Å². The van der Waals surface area contributed by atoms with Crippen LogP contribution >= 0.6 is 0 Å². The molecule has 19 nitrogen and oxygen atoms in total. The van der Waals surface area contributed by atoms with Gasteiger partial charge in [0.05, 0.1) is 44.6 Å². The molecule has 2 fully saturated rings. The Labute approximate surface area is 251 Å². The van der Waals surface area contributed by atoms with Crippen molar-refractivity contribution < 1.29 is 90.4 Å². The van der Waals surface area contributed by atoms with Gasteiger partial charge in [0.1, 0.15) is 79.4 Å². The fraction of sp³-hybridized carbons (Fsp3) is 0.920. The van der Waals surface area contributed by atoms with Crippen LogP contribution in [0.1, 0.15) is 6.92 Å². The normalized spacial score (nSPS) is 44.5. The number of hydrogen-bond acceptors (Lipinski definition) is 19. The number of aliphatic hydroxyl groups excluding tert-OH is 14. The zero-order chi connectivity index (χ0) is 33.0. The highest BCUT2D eigenvalue weighted by molar-refractivity contribution is 5.22. The molecule has 0 amide bonds. The van der Waals surface area contributed by atoms with Crippen LogP contribution in [0.2, 0.25) is 0 Å². The van der Waals surface area contributed by atoms with Gasteiger partial charge in [0, 0.05) is 0 Å². The molecule has 0 bridgehead atoms. The third-order valence-electron chi connectivity index (χ3n) is 8.12. The first kappa shape index (κ1) is 37.4. The van der Waals surface area contributed by atoms with Crippen molar-refractivity contribution in [3.63, 3.8) is 0 Å². The van der Waals surface area contributed by atoms with Crippen molar-refractivity contribution in [1.29, 1.82) is 0 Å². The fourth-order valence-electron chi connectivity index (χ4n) is 5.41. The summed E-state index contributed by atoms with van der Waals surface area (Å²) in [6.45, 7) is -1.97. The number of rotatable bonds is 13. The molecule has 18 unspecified atom stereocenters. The maximum absolute atomic E-state index is 10.9. The number of ether oxygens (including phenoxy) is 4. The second kappa shape index (κ2) is 16.2. The summed E-state index contributed by atoms with van der Waals surface area (Å²) in [5.41, 5.74) is 0.0133. The van der Waals surface area contributed by atoms with Gasteiger partial charge in [-0.2, -0.15) is 0 Å². The summed E-state index contributed by atoms with van der Waals surface area (Å²) < 4.78 is 22.1. The molecular weight excluding hydrogens is 602 g/mol. The van der Waals surface area contributed by atoms with E-state index in [1.807, 2.05) is 0 Å². The Morgan fingerprint density at radius 1 is 0.773 bits per heavy atom. The molecule has 0 spiro atoms. The van der Waals surface area contributed by atoms with Crippen LogP contribution in [0, 0.1) is 0 Å². The van der Waals surface area contributed by atoms with Crippen LogP contribution in [-0.4, -0.2) is 208 Å². The Kier molecular flexibility index (Phi) is 13.8. The summed E-state index contributed by atoms with van der Waals surface area (Å²) in [6.07, 6.45) is -26.1. The Hall–Kier alpha value is -1.02. The molecule has 2 aliphatic heterocycles. The van der Waals surface area contributed by atoms with Crippen molar-refractivity contribution in [2.45, 2.75) is 117 Å². The van der Waals surface area contributed by atoms with Crippen LogP contribution in [-0.2, 0) is 18.9 Å². The molecule has 258 valence electrons. The van der Waals surface area contributed by atoms with Crippen molar-refractivity contribution in [2.75, 3.05) is 26.4 Å². The maximum atomic E-state index is 10.9. The Morgan fingerprint density at radius 2 is 1.39 bits per heavy atom. The zero-order valence-corrected chi connectivity index (χ0v) is 23.7. The van der Waals surface area contributed by atoms with E-state index in [1.165, 1.54) is 13.0 Å². The van der Waals surface area contributed by atoms with Crippen LogP contribution < -0.4 is 5.32 Å². The highest BCUT2D eigenvalue weighted by atomic mass is 16.7. The number of hydrogen-bond donors (Lipinski definition) is 15. The highest BCUT2D eigenvalue weighted by Gasteiger charge is 2.52. The highest BCUT2D eigenvalue weighted by Crippen LogP contribution is 2.31. The molecule has 0 aromatic heterocycles. The molecule has 3 rings (SSSR count). The van der Waals surface area contributed by atoms with Crippen LogP contribution in [0.4, 0.5) is 0 Å². The Morgan fingerprint density at radius 3 is 1.95 bits per heavy atom. The van der Waals surface area contributed by atoms with E-state index in [0.717, 1.165) is 0 Å². The average molecular weight is 648 g/mol. The van der Waals surface area contributed by atoms with Crippen molar-refractivity contribution in [3.05, 3.63) is 11.6 Å². The first-order valence-corrected chi connectivity index (χ1v) is 14.0.